The Labute approximate surface area is 130 Å². The number of nitrogens with zero attached hydrogens (tertiary/aromatic N) is 6. The van der Waals surface area contributed by atoms with Crippen LogP contribution < -0.4 is 0 Å². The van der Waals surface area contributed by atoms with Gasteiger partial charge in [0.2, 0.25) is 0 Å². The molecule has 3 rings (SSSR count). The van der Waals surface area contributed by atoms with Crippen molar-refractivity contribution in [3.8, 4) is 0 Å². The van der Waals surface area contributed by atoms with E-state index in [1.807, 2.05) is 0 Å². The molecule has 3 aromatic rings. The fraction of sp³-hybridized carbons (Fsp3) is 0.286. The molecular weight excluding hydrogens is 306 g/mol. The van der Waals surface area contributed by atoms with E-state index >= 15 is 0 Å². The fourth-order valence-corrected chi connectivity index (χ4v) is 2.50. The van der Waals surface area contributed by atoms with Gasteiger partial charge in [0, 0.05) is 11.6 Å². The number of aromatic nitrogens is 6. The van der Waals surface area contributed by atoms with Gasteiger partial charge in [-0.3, -0.25) is 0 Å². The van der Waals surface area contributed by atoms with Crippen LogP contribution in [-0.4, -0.2) is 34.6 Å². The van der Waals surface area contributed by atoms with Crippen LogP contribution in [0.15, 0.2) is 43.5 Å². The zero-order valence-corrected chi connectivity index (χ0v) is 12.2. The first kappa shape index (κ1) is 15.2. The molecule has 0 amide bonds. The number of rotatable bonds is 5. The second kappa shape index (κ2) is 5.84. The second-order valence-corrected chi connectivity index (χ2v) is 5.23. The summed E-state index contributed by atoms with van der Waals surface area (Å²) in [6, 6.07) is 2.42. The Bertz CT molecular complexity index is 777. The third kappa shape index (κ3) is 2.82. The first-order chi connectivity index (χ1) is 11.0. The van der Waals surface area contributed by atoms with Crippen LogP contribution in [0.1, 0.15) is 18.5 Å². The Hall–Kier alpha value is -2.68. The smallest absolute Gasteiger partial charge is 0.137 e. The molecule has 0 spiro atoms. The monoisotopic (exact) mass is 320 g/mol. The number of benzene rings is 1. The van der Waals surface area contributed by atoms with Gasteiger partial charge in [0.1, 0.15) is 42.5 Å². The molecule has 0 aliphatic rings. The maximum atomic E-state index is 14.3. The Morgan fingerprint density at radius 1 is 1.22 bits per heavy atom. The lowest BCUT2D eigenvalue weighted by molar-refractivity contribution is -0.0332. The van der Waals surface area contributed by atoms with Crippen molar-refractivity contribution >= 4 is 0 Å². The standard InChI is InChI=1S/C14H14F2N6O/c1-10(21-8-18-19-9-21)14(23,5-22-7-17-6-20-22)12-3-2-11(15)4-13(12)16/h2-4,6-10,23H,5H2,1H3/t10-,14-/m1/s1. The van der Waals surface area contributed by atoms with E-state index in [1.165, 1.54) is 36.1 Å². The number of halogens is 2. The van der Waals surface area contributed by atoms with Crippen molar-refractivity contribution in [1.29, 1.82) is 0 Å². The molecule has 23 heavy (non-hydrogen) atoms. The molecule has 2 heterocycles. The normalized spacial score (nSPS) is 15.3. The maximum absolute atomic E-state index is 14.3. The summed E-state index contributed by atoms with van der Waals surface area (Å²) >= 11 is 0. The summed E-state index contributed by atoms with van der Waals surface area (Å²) in [6.07, 6.45) is 5.55. The lowest BCUT2D eigenvalue weighted by Crippen LogP contribution is -2.40. The minimum Gasteiger partial charge on any atom is -0.381 e. The summed E-state index contributed by atoms with van der Waals surface area (Å²) in [6.45, 7) is 1.61. The van der Waals surface area contributed by atoms with Crippen molar-refractivity contribution in [2.24, 2.45) is 0 Å². The lowest BCUT2D eigenvalue weighted by Gasteiger charge is -2.35. The molecule has 0 fully saturated rings. The summed E-state index contributed by atoms with van der Waals surface area (Å²) in [5.74, 6) is -1.56. The highest BCUT2D eigenvalue weighted by molar-refractivity contribution is 5.26. The second-order valence-electron chi connectivity index (χ2n) is 5.23. The Morgan fingerprint density at radius 2 is 1.96 bits per heavy atom. The van der Waals surface area contributed by atoms with Crippen LogP contribution in [0.2, 0.25) is 0 Å². The van der Waals surface area contributed by atoms with E-state index in [9.17, 15) is 13.9 Å². The van der Waals surface area contributed by atoms with Crippen LogP contribution in [0.5, 0.6) is 0 Å². The Kier molecular flexibility index (Phi) is 3.87. The van der Waals surface area contributed by atoms with Crippen molar-refractivity contribution in [2.45, 2.75) is 25.1 Å². The molecule has 1 aromatic carbocycles. The average molecular weight is 320 g/mol. The molecule has 0 unspecified atom stereocenters. The van der Waals surface area contributed by atoms with Crippen LogP contribution in [0.3, 0.4) is 0 Å². The summed E-state index contributed by atoms with van der Waals surface area (Å²) in [5, 5.41) is 22.6. The molecule has 7 nitrogen and oxygen atoms in total. The van der Waals surface area contributed by atoms with Crippen LogP contribution in [-0.2, 0) is 12.1 Å². The first-order valence-corrected chi connectivity index (χ1v) is 6.85. The van der Waals surface area contributed by atoms with Gasteiger partial charge < -0.3 is 9.67 Å². The van der Waals surface area contributed by atoms with E-state index in [4.69, 9.17) is 0 Å². The van der Waals surface area contributed by atoms with E-state index in [2.05, 4.69) is 20.3 Å². The number of hydrogen-bond acceptors (Lipinski definition) is 5. The quantitative estimate of drug-likeness (QED) is 0.766. The maximum Gasteiger partial charge on any atom is 0.137 e. The van der Waals surface area contributed by atoms with Gasteiger partial charge in [-0.2, -0.15) is 5.10 Å². The molecule has 2 atom stereocenters. The van der Waals surface area contributed by atoms with E-state index in [0.29, 0.717) is 0 Å². The zero-order chi connectivity index (χ0) is 16.4. The van der Waals surface area contributed by atoms with Gasteiger partial charge in [-0.05, 0) is 13.0 Å². The minimum absolute atomic E-state index is 0.0457. The molecule has 0 aliphatic heterocycles. The molecule has 0 aliphatic carbocycles. The summed E-state index contributed by atoms with van der Waals surface area (Å²) in [7, 11) is 0. The van der Waals surface area contributed by atoms with E-state index in [1.54, 1.807) is 11.5 Å². The molecule has 0 saturated heterocycles. The highest BCUT2D eigenvalue weighted by Gasteiger charge is 2.40. The molecule has 120 valence electrons. The van der Waals surface area contributed by atoms with Crippen molar-refractivity contribution in [3.05, 3.63) is 60.7 Å². The first-order valence-electron chi connectivity index (χ1n) is 6.85. The van der Waals surface area contributed by atoms with Gasteiger partial charge in [-0.1, -0.05) is 6.07 Å². The van der Waals surface area contributed by atoms with Crippen molar-refractivity contribution < 1.29 is 13.9 Å². The van der Waals surface area contributed by atoms with E-state index in [0.717, 1.165) is 12.1 Å². The van der Waals surface area contributed by atoms with E-state index < -0.39 is 23.3 Å². The molecular formula is C14H14F2N6O. The van der Waals surface area contributed by atoms with Crippen molar-refractivity contribution in [1.82, 2.24) is 29.5 Å². The van der Waals surface area contributed by atoms with E-state index in [-0.39, 0.29) is 12.1 Å². The molecule has 0 radical (unpaired) electrons. The SMILES string of the molecule is C[C@@H](n1cnnc1)[C@](O)(Cn1cncn1)c1ccc(F)cc1F. The number of hydrogen-bond donors (Lipinski definition) is 1. The van der Waals surface area contributed by atoms with Crippen LogP contribution in [0.4, 0.5) is 8.78 Å². The van der Waals surface area contributed by atoms with Crippen molar-refractivity contribution in [3.63, 3.8) is 0 Å². The Balaban J connectivity index is 2.08. The predicted molar refractivity (Wildman–Crippen MR) is 75.0 cm³/mol. The van der Waals surface area contributed by atoms with Crippen LogP contribution >= 0.6 is 0 Å². The average Bonchev–Trinajstić information content (AvgIpc) is 3.19. The van der Waals surface area contributed by atoms with Gasteiger partial charge in [-0.25, -0.2) is 18.4 Å². The third-order valence-electron chi connectivity index (χ3n) is 3.84. The number of aliphatic hydroxyl groups is 1. The van der Waals surface area contributed by atoms with Crippen molar-refractivity contribution in [2.75, 3.05) is 0 Å². The molecule has 9 heteroatoms. The van der Waals surface area contributed by atoms with Gasteiger partial charge in [0.25, 0.3) is 0 Å². The summed E-state index contributed by atoms with van der Waals surface area (Å²) < 4.78 is 30.4. The third-order valence-corrected chi connectivity index (χ3v) is 3.84. The van der Waals surface area contributed by atoms with Gasteiger partial charge in [0.15, 0.2) is 0 Å². The minimum atomic E-state index is -1.71. The lowest BCUT2D eigenvalue weighted by atomic mass is 9.86. The molecule has 1 N–H and O–H groups in total. The van der Waals surface area contributed by atoms with Gasteiger partial charge in [-0.15, -0.1) is 10.2 Å². The summed E-state index contributed by atoms with van der Waals surface area (Å²) in [4.78, 5) is 3.81. The fourth-order valence-electron chi connectivity index (χ4n) is 2.50. The predicted octanol–water partition coefficient (Wildman–Crippen LogP) is 1.30. The Morgan fingerprint density at radius 3 is 2.57 bits per heavy atom. The highest BCUT2D eigenvalue weighted by atomic mass is 19.1. The van der Waals surface area contributed by atoms with Crippen LogP contribution in [0.25, 0.3) is 0 Å². The largest absolute Gasteiger partial charge is 0.381 e. The highest BCUT2D eigenvalue weighted by Crippen LogP contribution is 2.36. The molecule has 0 bridgehead atoms. The topological polar surface area (TPSA) is 81.6 Å². The van der Waals surface area contributed by atoms with Crippen LogP contribution in [0, 0.1) is 11.6 Å². The molecule has 2 aromatic heterocycles. The summed E-state index contributed by atoms with van der Waals surface area (Å²) in [5.41, 5.74) is -1.76. The zero-order valence-electron chi connectivity index (χ0n) is 12.2. The van der Waals surface area contributed by atoms with Gasteiger partial charge >= 0.3 is 0 Å². The molecule has 0 saturated carbocycles. The van der Waals surface area contributed by atoms with Gasteiger partial charge in [0.05, 0.1) is 12.6 Å².